The number of ketones is 1. The number of hydrogen-bond donors (Lipinski definition) is 0. The molecule has 0 aliphatic heterocycles. The summed E-state index contributed by atoms with van der Waals surface area (Å²) >= 11 is 1.66. The average molecular weight is 357 g/mol. The quantitative estimate of drug-likeness (QED) is 0.360. The van der Waals surface area contributed by atoms with Crippen LogP contribution in [0.25, 0.3) is 0 Å². The number of ether oxygens (including phenoxy) is 1. The van der Waals surface area contributed by atoms with Crippen molar-refractivity contribution < 1.29 is 23.2 Å². The number of alkyl halides is 2. The second kappa shape index (κ2) is 5.34. The summed E-state index contributed by atoms with van der Waals surface area (Å²) < 4.78 is 28.4. The molecule has 0 saturated heterocycles. The van der Waals surface area contributed by atoms with E-state index in [4.69, 9.17) is 0 Å². The predicted molar refractivity (Wildman–Crippen MR) is 62.4 cm³/mol. The lowest BCUT2D eigenvalue weighted by atomic mass is 10.1. The maximum atomic E-state index is 12.0. The van der Waals surface area contributed by atoms with Gasteiger partial charge in [-0.1, -0.05) is 0 Å². The third kappa shape index (κ3) is 3.32. The molecule has 1 rings (SSSR count). The van der Waals surface area contributed by atoms with E-state index in [1.54, 1.807) is 22.6 Å². The molecule has 0 atom stereocenters. The van der Waals surface area contributed by atoms with Gasteiger partial charge < -0.3 is 4.74 Å². The SMILES string of the molecule is CC(=O)c1cc(I)c(OC(F)F)cc1[N+](=O)[O-]. The van der Waals surface area contributed by atoms with Gasteiger partial charge in [0.1, 0.15) is 5.75 Å². The fourth-order valence-electron chi connectivity index (χ4n) is 1.16. The van der Waals surface area contributed by atoms with E-state index < -0.39 is 23.0 Å². The highest BCUT2D eigenvalue weighted by molar-refractivity contribution is 14.1. The van der Waals surface area contributed by atoms with Crippen LogP contribution in [0, 0.1) is 13.7 Å². The molecule has 92 valence electrons. The van der Waals surface area contributed by atoms with Crippen LogP contribution in [-0.2, 0) is 0 Å². The lowest BCUT2D eigenvalue weighted by Crippen LogP contribution is -2.06. The van der Waals surface area contributed by atoms with Crippen molar-refractivity contribution in [2.24, 2.45) is 0 Å². The summed E-state index contributed by atoms with van der Waals surface area (Å²) in [5.74, 6) is -0.837. The van der Waals surface area contributed by atoms with Crippen LogP contribution < -0.4 is 4.74 Å². The maximum Gasteiger partial charge on any atom is 0.387 e. The van der Waals surface area contributed by atoms with Crippen molar-refractivity contribution in [3.8, 4) is 5.75 Å². The van der Waals surface area contributed by atoms with Crippen LogP contribution in [0.15, 0.2) is 12.1 Å². The molecule has 0 spiro atoms. The average Bonchev–Trinajstić information content (AvgIpc) is 2.19. The van der Waals surface area contributed by atoms with Crippen molar-refractivity contribution in [1.82, 2.24) is 0 Å². The van der Waals surface area contributed by atoms with Gasteiger partial charge in [0.2, 0.25) is 0 Å². The Morgan fingerprint density at radius 1 is 1.53 bits per heavy atom. The number of hydrogen-bond acceptors (Lipinski definition) is 4. The van der Waals surface area contributed by atoms with E-state index >= 15 is 0 Å². The molecular weight excluding hydrogens is 351 g/mol. The van der Waals surface area contributed by atoms with E-state index in [0.717, 1.165) is 19.1 Å². The molecule has 5 nitrogen and oxygen atoms in total. The van der Waals surface area contributed by atoms with E-state index in [0.29, 0.717) is 0 Å². The first-order chi connectivity index (χ1) is 7.82. The van der Waals surface area contributed by atoms with E-state index in [1.165, 1.54) is 0 Å². The molecule has 0 saturated carbocycles. The first kappa shape index (κ1) is 13.7. The highest BCUT2D eigenvalue weighted by Crippen LogP contribution is 2.31. The number of carbonyl (C=O) groups is 1. The van der Waals surface area contributed by atoms with E-state index in [2.05, 4.69) is 4.74 Å². The summed E-state index contributed by atoms with van der Waals surface area (Å²) in [4.78, 5) is 21.0. The van der Waals surface area contributed by atoms with Gasteiger partial charge in [-0.2, -0.15) is 8.78 Å². The highest BCUT2D eigenvalue weighted by atomic mass is 127. The Balaban J connectivity index is 3.34. The smallest absolute Gasteiger partial charge is 0.387 e. The fourth-order valence-corrected chi connectivity index (χ4v) is 1.76. The van der Waals surface area contributed by atoms with Gasteiger partial charge in [0, 0.05) is 0 Å². The molecule has 0 aliphatic carbocycles. The fraction of sp³-hybridized carbons (Fsp3) is 0.222. The monoisotopic (exact) mass is 357 g/mol. The number of nitro groups is 1. The summed E-state index contributed by atoms with van der Waals surface area (Å²) in [7, 11) is 0. The molecule has 0 aliphatic rings. The lowest BCUT2D eigenvalue weighted by molar-refractivity contribution is -0.385. The molecule has 0 heterocycles. The number of benzene rings is 1. The zero-order chi connectivity index (χ0) is 13.2. The molecular formula is C9H6F2INO4. The van der Waals surface area contributed by atoms with Crippen LogP contribution in [0.2, 0.25) is 0 Å². The number of halogens is 3. The summed E-state index contributed by atoms with van der Waals surface area (Å²) in [6, 6.07) is 1.98. The Hall–Kier alpha value is -1.32. The Morgan fingerprint density at radius 2 is 2.12 bits per heavy atom. The van der Waals surface area contributed by atoms with Gasteiger partial charge in [-0.15, -0.1) is 0 Å². The topological polar surface area (TPSA) is 69.4 Å². The standard InChI is InChI=1S/C9H6F2INO4/c1-4(14)5-2-6(12)8(17-9(10)11)3-7(5)13(15)16/h2-3,9H,1H3. The summed E-state index contributed by atoms with van der Waals surface area (Å²) in [6.45, 7) is -1.92. The number of nitro benzene ring substituents is 1. The van der Waals surface area contributed by atoms with Crippen molar-refractivity contribution in [2.45, 2.75) is 13.5 Å². The molecule has 0 bridgehead atoms. The normalized spacial score (nSPS) is 10.4. The van der Waals surface area contributed by atoms with Gasteiger partial charge in [-0.3, -0.25) is 14.9 Å². The van der Waals surface area contributed by atoms with Gasteiger partial charge >= 0.3 is 6.61 Å². The van der Waals surface area contributed by atoms with Crippen molar-refractivity contribution in [3.63, 3.8) is 0 Å². The zero-order valence-electron chi connectivity index (χ0n) is 8.45. The Labute approximate surface area is 108 Å². The van der Waals surface area contributed by atoms with E-state index in [1.807, 2.05) is 0 Å². The third-order valence-corrected chi connectivity index (χ3v) is 2.69. The summed E-state index contributed by atoms with van der Waals surface area (Å²) in [6.07, 6.45) is 0. The molecule has 1 aromatic carbocycles. The van der Waals surface area contributed by atoms with Gasteiger partial charge in [0.25, 0.3) is 5.69 Å². The number of nitrogens with zero attached hydrogens (tertiary/aromatic N) is 1. The zero-order valence-corrected chi connectivity index (χ0v) is 10.6. The minimum atomic E-state index is -3.08. The van der Waals surface area contributed by atoms with E-state index in [9.17, 15) is 23.7 Å². The predicted octanol–water partition coefficient (Wildman–Crippen LogP) is 3.00. The third-order valence-electron chi connectivity index (χ3n) is 1.84. The molecule has 0 fully saturated rings. The van der Waals surface area contributed by atoms with Gasteiger partial charge in [-0.25, -0.2) is 0 Å². The van der Waals surface area contributed by atoms with Crippen molar-refractivity contribution in [1.29, 1.82) is 0 Å². The summed E-state index contributed by atoms with van der Waals surface area (Å²) in [5, 5.41) is 10.7. The molecule has 0 N–H and O–H groups in total. The lowest BCUT2D eigenvalue weighted by Gasteiger charge is -2.08. The Morgan fingerprint density at radius 3 is 2.53 bits per heavy atom. The molecule has 0 aromatic heterocycles. The van der Waals surface area contributed by atoms with Crippen molar-refractivity contribution >= 4 is 34.1 Å². The molecule has 17 heavy (non-hydrogen) atoms. The molecule has 0 radical (unpaired) electrons. The molecule has 0 unspecified atom stereocenters. The van der Waals surface area contributed by atoms with Crippen LogP contribution in [0.3, 0.4) is 0 Å². The first-order valence-electron chi connectivity index (χ1n) is 4.26. The second-order valence-corrected chi connectivity index (χ2v) is 4.15. The molecule has 8 heteroatoms. The Bertz CT molecular complexity index is 478. The van der Waals surface area contributed by atoms with Crippen LogP contribution in [-0.4, -0.2) is 17.3 Å². The van der Waals surface area contributed by atoms with Crippen LogP contribution in [0.5, 0.6) is 5.75 Å². The molecule has 1 aromatic rings. The van der Waals surface area contributed by atoms with E-state index in [-0.39, 0.29) is 14.9 Å². The van der Waals surface area contributed by atoms with Crippen LogP contribution >= 0.6 is 22.6 Å². The van der Waals surface area contributed by atoms with Crippen LogP contribution in [0.4, 0.5) is 14.5 Å². The summed E-state index contributed by atoms with van der Waals surface area (Å²) in [5.41, 5.74) is -0.686. The Kier molecular flexibility index (Phi) is 4.32. The second-order valence-electron chi connectivity index (χ2n) is 2.99. The van der Waals surface area contributed by atoms with Crippen LogP contribution in [0.1, 0.15) is 17.3 Å². The number of Topliss-reactive ketones (excluding diaryl/α,β-unsaturated/α-hetero) is 1. The number of carbonyl (C=O) groups excluding carboxylic acids is 1. The van der Waals surface area contributed by atoms with Gasteiger partial charge in [0.05, 0.1) is 20.1 Å². The van der Waals surface area contributed by atoms with Gasteiger partial charge in [0.15, 0.2) is 5.78 Å². The maximum absolute atomic E-state index is 12.0. The molecule has 0 amide bonds. The minimum absolute atomic E-state index is 0.138. The van der Waals surface area contributed by atoms with Gasteiger partial charge in [-0.05, 0) is 35.6 Å². The van der Waals surface area contributed by atoms with Crippen molar-refractivity contribution in [3.05, 3.63) is 31.4 Å². The first-order valence-corrected chi connectivity index (χ1v) is 5.34. The minimum Gasteiger partial charge on any atom is -0.433 e. The largest absolute Gasteiger partial charge is 0.433 e. The van der Waals surface area contributed by atoms with Crippen molar-refractivity contribution in [2.75, 3.05) is 0 Å². The highest BCUT2D eigenvalue weighted by Gasteiger charge is 2.22. The number of rotatable bonds is 4.